The smallest absolute Gasteiger partial charge is 0.198 e. The number of benzene rings is 1. The van der Waals surface area contributed by atoms with Crippen LogP contribution in [0.1, 0.15) is 18.2 Å². The fourth-order valence-electron chi connectivity index (χ4n) is 2.29. The van der Waals surface area contributed by atoms with Gasteiger partial charge in [-0.2, -0.15) is 0 Å². The van der Waals surface area contributed by atoms with E-state index < -0.39 is 5.79 Å². The molecule has 6 nitrogen and oxygen atoms in total. The zero-order valence-electron chi connectivity index (χ0n) is 11.1. The summed E-state index contributed by atoms with van der Waals surface area (Å²) in [7, 11) is 1.52. The normalized spacial score (nSPS) is 21.9. The van der Waals surface area contributed by atoms with Crippen molar-refractivity contribution < 1.29 is 24.1 Å². The van der Waals surface area contributed by atoms with Gasteiger partial charge in [-0.05, 0) is 13.0 Å². The minimum atomic E-state index is -0.838. The highest BCUT2D eigenvalue weighted by Crippen LogP contribution is 2.33. The van der Waals surface area contributed by atoms with Gasteiger partial charge in [-0.1, -0.05) is 0 Å². The highest BCUT2D eigenvalue weighted by Gasteiger charge is 2.34. The van der Waals surface area contributed by atoms with E-state index in [1.165, 1.54) is 19.2 Å². The Morgan fingerprint density at radius 2 is 2.00 bits per heavy atom. The zero-order valence-corrected chi connectivity index (χ0v) is 11.1. The molecule has 0 spiro atoms. The molecule has 1 aliphatic heterocycles. The summed E-state index contributed by atoms with van der Waals surface area (Å²) in [5, 5.41) is 19.2. The standard InChI is InChI=1S/C14H14O6/c1-14(18-2)5-12-8(6-19-14)13(17)7-3-9(15)10(16)4-11(7)20-12/h3-4,15-16H,5-6H2,1-2H3/t14-/m0/s1. The van der Waals surface area contributed by atoms with Crippen molar-refractivity contribution in [3.63, 3.8) is 0 Å². The second-order valence-corrected chi connectivity index (χ2v) is 4.97. The highest BCUT2D eigenvalue weighted by atomic mass is 16.7. The van der Waals surface area contributed by atoms with Crippen molar-refractivity contribution in [2.75, 3.05) is 7.11 Å². The number of methoxy groups -OCH3 is 1. The van der Waals surface area contributed by atoms with Crippen molar-refractivity contribution in [3.05, 3.63) is 33.7 Å². The van der Waals surface area contributed by atoms with Crippen LogP contribution < -0.4 is 5.43 Å². The Labute approximate surface area is 114 Å². The fourth-order valence-corrected chi connectivity index (χ4v) is 2.29. The quantitative estimate of drug-likeness (QED) is 0.771. The lowest BCUT2D eigenvalue weighted by Crippen LogP contribution is -2.39. The molecule has 0 saturated heterocycles. The van der Waals surface area contributed by atoms with Crippen LogP contribution in [0, 0.1) is 0 Å². The Balaban J connectivity index is 2.25. The highest BCUT2D eigenvalue weighted by molar-refractivity contribution is 5.81. The number of fused-ring (bicyclic) bond motifs is 2. The summed E-state index contributed by atoms with van der Waals surface area (Å²) in [6.45, 7) is 1.84. The van der Waals surface area contributed by atoms with Crippen LogP contribution in [0.15, 0.2) is 21.3 Å². The maximum atomic E-state index is 12.4. The van der Waals surface area contributed by atoms with Crippen LogP contribution in [0.5, 0.6) is 11.5 Å². The molecule has 1 aromatic carbocycles. The van der Waals surface area contributed by atoms with Crippen molar-refractivity contribution in [3.8, 4) is 11.5 Å². The van der Waals surface area contributed by atoms with Gasteiger partial charge in [0.25, 0.3) is 0 Å². The maximum absolute atomic E-state index is 12.4. The topological polar surface area (TPSA) is 89.1 Å². The van der Waals surface area contributed by atoms with Gasteiger partial charge >= 0.3 is 0 Å². The maximum Gasteiger partial charge on any atom is 0.198 e. The van der Waals surface area contributed by atoms with E-state index in [0.717, 1.165) is 0 Å². The molecule has 0 bridgehead atoms. The van der Waals surface area contributed by atoms with Crippen LogP contribution in [0.25, 0.3) is 11.0 Å². The Hall–Kier alpha value is -2.05. The molecule has 6 heteroatoms. The van der Waals surface area contributed by atoms with E-state index in [1.54, 1.807) is 6.92 Å². The number of hydrogen-bond donors (Lipinski definition) is 2. The molecule has 2 aromatic rings. The van der Waals surface area contributed by atoms with Crippen LogP contribution >= 0.6 is 0 Å². The van der Waals surface area contributed by atoms with E-state index in [4.69, 9.17) is 13.9 Å². The Kier molecular flexibility index (Phi) is 2.74. The van der Waals surface area contributed by atoms with Crippen LogP contribution in [-0.2, 0) is 22.5 Å². The summed E-state index contributed by atoms with van der Waals surface area (Å²) in [4.78, 5) is 12.4. The van der Waals surface area contributed by atoms with Gasteiger partial charge in [0.1, 0.15) is 11.3 Å². The average Bonchev–Trinajstić information content (AvgIpc) is 2.41. The SMILES string of the molecule is CO[C@]1(C)Cc2oc3cc(O)c(O)cc3c(=O)c2CO1. The third kappa shape index (κ3) is 1.85. The Morgan fingerprint density at radius 1 is 1.30 bits per heavy atom. The second kappa shape index (κ2) is 4.22. The molecule has 2 N–H and O–H groups in total. The number of ether oxygens (including phenoxy) is 2. The molecule has 0 aliphatic carbocycles. The first kappa shape index (κ1) is 13.0. The predicted octanol–water partition coefficient (Wildman–Crippen LogP) is 1.64. The van der Waals surface area contributed by atoms with E-state index in [9.17, 15) is 15.0 Å². The van der Waals surface area contributed by atoms with Crippen LogP contribution in [-0.4, -0.2) is 23.1 Å². The first-order chi connectivity index (χ1) is 9.43. The third-order valence-electron chi connectivity index (χ3n) is 3.60. The summed E-state index contributed by atoms with van der Waals surface area (Å²) in [6.07, 6.45) is 0.297. The molecule has 0 unspecified atom stereocenters. The molecule has 0 amide bonds. The molecule has 0 radical (unpaired) electrons. The van der Waals surface area contributed by atoms with Crippen molar-refractivity contribution in [2.45, 2.75) is 25.7 Å². The molecule has 1 aliphatic rings. The second-order valence-electron chi connectivity index (χ2n) is 4.97. The molecular formula is C14H14O6. The van der Waals surface area contributed by atoms with E-state index in [1.807, 2.05) is 0 Å². The molecule has 1 atom stereocenters. The zero-order chi connectivity index (χ0) is 14.5. The number of hydrogen-bond acceptors (Lipinski definition) is 6. The fraction of sp³-hybridized carbons (Fsp3) is 0.357. The predicted molar refractivity (Wildman–Crippen MR) is 69.7 cm³/mol. The molecule has 2 heterocycles. The van der Waals surface area contributed by atoms with Gasteiger partial charge in [0.2, 0.25) is 0 Å². The lowest BCUT2D eigenvalue weighted by Gasteiger charge is -2.32. The molecule has 0 saturated carbocycles. The van der Waals surface area contributed by atoms with E-state index in [-0.39, 0.29) is 34.5 Å². The average molecular weight is 278 g/mol. The van der Waals surface area contributed by atoms with Gasteiger partial charge in [0.05, 0.1) is 24.0 Å². The lowest BCUT2D eigenvalue weighted by atomic mass is 10.0. The van der Waals surface area contributed by atoms with Gasteiger partial charge in [-0.15, -0.1) is 0 Å². The number of phenolic OH excluding ortho intramolecular Hbond substituents is 2. The summed E-state index contributed by atoms with van der Waals surface area (Å²) in [5.74, 6) is -1.05. The van der Waals surface area contributed by atoms with Crippen molar-refractivity contribution in [2.24, 2.45) is 0 Å². The minimum Gasteiger partial charge on any atom is -0.504 e. The number of phenols is 2. The van der Waals surface area contributed by atoms with Crippen molar-refractivity contribution >= 4 is 11.0 Å². The van der Waals surface area contributed by atoms with Crippen molar-refractivity contribution in [1.82, 2.24) is 0 Å². The molecular weight excluding hydrogens is 264 g/mol. The van der Waals surface area contributed by atoms with Gasteiger partial charge in [-0.25, -0.2) is 0 Å². The summed E-state index contributed by atoms with van der Waals surface area (Å²) in [5.41, 5.74) is 0.372. The molecule has 0 fully saturated rings. The monoisotopic (exact) mass is 278 g/mol. The Bertz CT molecular complexity index is 747. The number of aromatic hydroxyl groups is 2. The van der Waals surface area contributed by atoms with Crippen LogP contribution in [0.2, 0.25) is 0 Å². The van der Waals surface area contributed by atoms with Gasteiger partial charge in [-0.3, -0.25) is 4.79 Å². The van der Waals surface area contributed by atoms with E-state index >= 15 is 0 Å². The largest absolute Gasteiger partial charge is 0.504 e. The third-order valence-corrected chi connectivity index (χ3v) is 3.60. The molecule has 3 rings (SSSR count). The van der Waals surface area contributed by atoms with Gasteiger partial charge in [0.15, 0.2) is 22.7 Å². The summed E-state index contributed by atoms with van der Waals surface area (Å²) in [6, 6.07) is 2.42. The summed E-state index contributed by atoms with van der Waals surface area (Å²) >= 11 is 0. The summed E-state index contributed by atoms with van der Waals surface area (Å²) < 4.78 is 16.5. The van der Waals surface area contributed by atoms with Crippen LogP contribution in [0.4, 0.5) is 0 Å². The first-order valence-corrected chi connectivity index (χ1v) is 6.13. The number of rotatable bonds is 1. The Morgan fingerprint density at radius 3 is 2.70 bits per heavy atom. The van der Waals surface area contributed by atoms with Gasteiger partial charge in [0, 0.05) is 13.2 Å². The lowest BCUT2D eigenvalue weighted by molar-refractivity contribution is -0.225. The first-order valence-electron chi connectivity index (χ1n) is 6.13. The molecule has 1 aromatic heterocycles. The van der Waals surface area contributed by atoms with E-state index in [2.05, 4.69) is 0 Å². The molecule has 20 heavy (non-hydrogen) atoms. The van der Waals surface area contributed by atoms with Crippen LogP contribution in [0.3, 0.4) is 0 Å². The van der Waals surface area contributed by atoms with Gasteiger partial charge < -0.3 is 24.1 Å². The van der Waals surface area contributed by atoms with E-state index in [0.29, 0.717) is 17.7 Å². The van der Waals surface area contributed by atoms with Crippen molar-refractivity contribution in [1.29, 1.82) is 0 Å². The minimum absolute atomic E-state index is 0.0829. The molecule has 106 valence electrons.